The second-order valence-corrected chi connectivity index (χ2v) is 17.0. The van der Waals surface area contributed by atoms with E-state index in [9.17, 15) is 14.4 Å². The zero-order chi connectivity index (χ0) is 38.9. The number of hydrogen-bond donors (Lipinski definition) is 5. The van der Waals surface area contributed by atoms with Crippen molar-refractivity contribution in [2.45, 2.75) is 66.8 Å². The molecule has 0 unspecified atom stereocenters. The molecule has 2 spiro atoms. The zero-order valence-electron chi connectivity index (χ0n) is 30.4. The van der Waals surface area contributed by atoms with Gasteiger partial charge in [0.15, 0.2) is 0 Å². The number of amides is 2. The molecular weight excluding hydrogens is 794 g/mol. The summed E-state index contributed by atoms with van der Waals surface area (Å²) in [7, 11) is 0. The SMILES string of the molecule is CCOC(=O)CN1CC[C@@H]2N[C@@]3(C(=O)Nc4cc(Cl)ccc43)[C@@H](c3cccc(Cl)c3)[C@@H]21.O=C1Nc2cc(Cl)ccc2[C@]12N[C@H]1CCN[C@H]1[C@@H]2c1cccc(Cl)c1. The van der Waals surface area contributed by atoms with Crippen molar-refractivity contribution in [2.75, 3.05) is 36.9 Å². The number of halogens is 4. The smallest absolute Gasteiger partial charge is 0.320 e. The lowest BCUT2D eigenvalue weighted by molar-refractivity contribution is -0.144. The van der Waals surface area contributed by atoms with E-state index in [1.54, 1.807) is 13.0 Å². The van der Waals surface area contributed by atoms with Gasteiger partial charge in [-0.1, -0.05) is 82.8 Å². The Balaban J connectivity index is 0.000000149. The van der Waals surface area contributed by atoms with Crippen LogP contribution in [-0.4, -0.2) is 73.1 Å². The molecule has 6 aliphatic rings. The van der Waals surface area contributed by atoms with E-state index in [-0.39, 0.29) is 60.3 Å². The number of nitrogens with zero attached hydrogens (tertiary/aromatic N) is 1. The number of esters is 1. The monoisotopic (exact) mass is 832 g/mol. The van der Waals surface area contributed by atoms with Crippen LogP contribution in [0.1, 0.15) is 53.9 Å². The first-order valence-corrected chi connectivity index (χ1v) is 20.5. The largest absolute Gasteiger partial charge is 0.465 e. The number of rotatable bonds is 5. The van der Waals surface area contributed by atoms with Crippen molar-refractivity contribution in [3.8, 4) is 0 Å². The van der Waals surface area contributed by atoms with Crippen molar-refractivity contribution in [1.82, 2.24) is 20.9 Å². The van der Waals surface area contributed by atoms with Gasteiger partial charge in [-0.05, 0) is 86.0 Å². The second-order valence-electron chi connectivity index (χ2n) is 15.3. The number of fused-ring (bicyclic) bond motifs is 6. The highest BCUT2D eigenvalue weighted by Crippen LogP contribution is 2.56. The Morgan fingerprint density at radius 3 is 1.88 bits per heavy atom. The second kappa shape index (κ2) is 14.6. The van der Waals surface area contributed by atoms with Crippen LogP contribution in [-0.2, 0) is 30.2 Å². The molecule has 0 radical (unpaired) electrons. The first-order chi connectivity index (χ1) is 27.0. The Kier molecular flexibility index (Phi) is 9.86. The van der Waals surface area contributed by atoms with Crippen molar-refractivity contribution in [1.29, 1.82) is 0 Å². The fraction of sp³-hybridized carbons (Fsp3) is 0.357. The van der Waals surface area contributed by atoms with Crippen molar-refractivity contribution < 1.29 is 19.1 Å². The summed E-state index contributed by atoms with van der Waals surface area (Å²) in [5.74, 6) is -0.667. The van der Waals surface area contributed by atoms with Gasteiger partial charge in [-0.25, -0.2) is 0 Å². The molecule has 4 aromatic rings. The highest BCUT2D eigenvalue weighted by Gasteiger charge is 2.65. The lowest BCUT2D eigenvalue weighted by Gasteiger charge is -2.35. The van der Waals surface area contributed by atoms with E-state index in [4.69, 9.17) is 51.1 Å². The molecule has 8 atom stereocenters. The summed E-state index contributed by atoms with van der Waals surface area (Å²) in [6.07, 6.45) is 1.83. The first kappa shape index (κ1) is 37.8. The minimum Gasteiger partial charge on any atom is -0.465 e. The predicted molar refractivity (Wildman–Crippen MR) is 219 cm³/mol. The number of benzene rings is 4. The standard InChI is InChI=1S/C23H23Cl2N3O3.C19H17Cl2N3O/c1-2-31-19(29)12-28-9-8-17-21(28)20(13-4-3-5-14(24)10-13)23(27-17)16-7-6-15(25)11-18(16)26-22(23)30;20-11-3-1-2-10(8-11)16-17-14(6-7-22-17)24-19(16)13-5-4-12(21)9-15(13)23-18(19)25/h3-7,10-11,17,20-21,27H,2,8-9,12H2,1H3,(H,26,30);1-5,8-9,14,16-17,22,24H,6-7H2,(H,23,25)/t17-,20-,21+,23+;14-,16-,17+,19+/m00/s1. The minimum absolute atomic E-state index is 0.0223. The third-order valence-corrected chi connectivity index (χ3v) is 13.3. The van der Waals surface area contributed by atoms with Crippen LogP contribution >= 0.6 is 46.4 Å². The molecule has 56 heavy (non-hydrogen) atoms. The number of likely N-dealkylation sites (tertiary alicyclic amines) is 1. The number of carbonyl (C=O) groups is 3. The van der Waals surface area contributed by atoms with Crippen molar-refractivity contribution in [3.05, 3.63) is 127 Å². The van der Waals surface area contributed by atoms with Gasteiger partial charge in [0.2, 0.25) is 11.8 Å². The van der Waals surface area contributed by atoms with Crippen molar-refractivity contribution in [3.63, 3.8) is 0 Å². The van der Waals surface area contributed by atoms with Crippen LogP contribution in [0.4, 0.5) is 11.4 Å². The maximum absolute atomic E-state index is 13.5. The van der Waals surface area contributed by atoms with Gasteiger partial charge in [-0.15, -0.1) is 0 Å². The van der Waals surface area contributed by atoms with Gasteiger partial charge in [0.1, 0.15) is 11.1 Å². The molecule has 290 valence electrons. The van der Waals surface area contributed by atoms with Gasteiger partial charge >= 0.3 is 5.97 Å². The molecule has 0 saturated carbocycles. The summed E-state index contributed by atoms with van der Waals surface area (Å²) in [6.45, 7) is 4.04. The van der Waals surface area contributed by atoms with E-state index in [0.717, 1.165) is 53.9 Å². The van der Waals surface area contributed by atoms with Gasteiger partial charge < -0.3 is 20.7 Å². The molecule has 6 heterocycles. The number of hydrogen-bond acceptors (Lipinski definition) is 8. The maximum atomic E-state index is 13.5. The summed E-state index contributed by atoms with van der Waals surface area (Å²) < 4.78 is 5.20. The Hall–Kier alpha value is -3.71. The van der Waals surface area contributed by atoms with Crippen LogP contribution in [0.25, 0.3) is 0 Å². The molecular formula is C42H40Cl4N6O4. The van der Waals surface area contributed by atoms with Gasteiger partial charge in [-0.3, -0.25) is 29.9 Å². The number of anilines is 2. The minimum atomic E-state index is -0.965. The molecule has 0 aliphatic carbocycles. The van der Waals surface area contributed by atoms with Crippen LogP contribution in [0.2, 0.25) is 20.1 Å². The predicted octanol–water partition coefficient (Wildman–Crippen LogP) is 6.79. The van der Waals surface area contributed by atoms with E-state index in [1.165, 1.54) is 0 Å². The zero-order valence-corrected chi connectivity index (χ0v) is 33.4. The number of carbonyl (C=O) groups excluding carboxylic acids is 3. The van der Waals surface area contributed by atoms with Gasteiger partial charge in [-0.2, -0.15) is 0 Å². The normalized spacial score (nSPS) is 30.7. The van der Waals surface area contributed by atoms with E-state index in [2.05, 4.69) is 37.6 Å². The fourth-order valence-electron chi connectivity index (χ4n) is 10.4. The van der Waals surface area contributed by atoms with Gasteiger partial charge in [0.05, 0.1) is 13.2 Å². The summed E-state index contributed by atoms with van der Waals surface area (Å²) in [6, 6.07) is 27.0. The van der Waals surface area contributed by atoms with Crippen molar-refractivity contribution >= 4 is 75.6 Å². The lowest BCUT2D eigenvalue weighted by Crippen LogP contribution is -2.50. The third kappa shape index (κ3) is 6.03. The summed E-state index contributed by atoms with van der Waals surface area (Å²) in [5.41, 5.74) is 3.60. The number of ether oxygens (including phenoxy) is 1. The highest BCUT2D eigenvalue weighted by molar-refractivity contribution is 6.32. The summed E-state index contributed by atoms with van der Waals surface area (Å²) >= 11 is 24.9. The number of nitrogens with one attached hydrogen (secondary N) is 5. The summed E-state index contributed by atoms with van der Waals surface area (Å²) in [5, 5.41) is 19.4. The maximum Gasteiger partial charge on any atom is 0.320 e. The molecule has 2 amide bonds. The molecule has 10 rings (SSSR count). The Labute approximate surface area is 344 Å². The molecule has 4 aromatic carbocycles. The average Bonchev–Trinajstić information content (AvgIpc) is 3.99. The van der Waals surface area contributed by atoms with E-state index >= 15 is 0 Å². The molecule has 5 N–H and O–H groups in total. The molecule has 14 heteroatoms. The fourth-order valence-corrected chi connectivity index (χ4v) is 11.1. The highest BCUT2D eigenvalue weighted by atomic mass is 35.5. The quantitative estimate of drug-likeness (QED) is 0.140. The third-order valence-electron chi connectivity index (χ3n) is 12.4. The average molecular weight is 835 g/mol. The van der Waals surface area contributed by atoms with Crippen LogP contribution in [0.15, 0.2) is 84.9 Å². The van der Waals surface area contributed by atoms with Crippen LogP contribution in [0.3, 0.4) is 0 Å². The summed E-state index contributed by atoms with van der Waals surface area (Å²) in [4.78, 5) is 41.2. The van der Waals surface area contributed by atoms with Gasteiger partial charge in [0, 0.05) is 85.1 Å². The Morgan fingerprint density at radius 1 is 0.732 bits per heavy atom. The first-order valence-electron chi connectivity index (χ1n) is 19.0. The molecule has 0 aromatic heterocycles. The van der Waals surface area contributed by atoms with E-state index in [0.29, 0.717) is 32.4 Å². The van der Waals surface area contributed by atoms with E-state index in [1.807, 2.05) is 72.8 Å². The molecule has 6 aliphatic heterocycles. The lowest BCUT2D eigenvalue weighted by atomic mass is 9.74. The van der Waals surface area contributed by atoms with Crippen molar-refractivity contribution in [2.24, 2.45) is 0 Å². The molecule has 0 bridgehead atoms. The van der Waals surface area contributed by atoms with Gasteiger partial charge in [0.25, 0.3) is 0 Å². The Bertz CT molecular complexity index is 2260. The van der Waals surface area contributed by atoms with Crippen LogP contribution in [0.5, 0.6) is 0 Å². The molecule has 4 saturated heterocycles. The topological polar surface area (TPSA) is 124 Å². The molecule has 4 fully saturated rings. The van der Waals surface area contributed by atoms with Crippen LogP contribution < -0.4 is 26.6 Å². The van der Waals surface area contributed by atoms with Crippen LogP contribution in [0, 0.1) is 0 Å². The van der Waals surface area contributed by atoms with E-state index < -0.39 is 11.1 Å². The Morgan fingerprint density at radius 2 is 1.29 bits per heavy atom. The molecule has 10 nitrogen and oxygen atoms in total.